The fourth-order valence-corrected chi connectivity index (χ4v) is 11.3. The van der Waals surface area contributed by atoms with E-state index in [0.717, 1.165) is 61.2 Å². The molecular formula is C74H65Cl6F3N6O10. The molecular weight excluding hydrogens is 1400 g/mol. The topological polar surface area (TPSA) is 223 Å². The highest BCUT2D eigenvalue weighted by Gasteiger charge is 2.31. The van der Waals surface area contributed by atoms with Gasteiger partial charge in [-0.15, -0.1) is 13.2 Å². The van der Waals surface area contributed by atoms with Crippen LogP contribution in [-0.4, -0.2) is 72.7 Å². The van der Waals surface area contributed by atoms with Crippen molar-refractivity contribution in [2.45, 2.75) is 51.8 Å². The van der Waals surface area contributed by atoms with E-state index in [9.17, 15) is 57.3 Å². The lowest BCUT2D eigenvalue weighted by molar-refractivity contribution is -0.274. The van der Waals surface area contributed by atoms with Gasteiger partial charge in [0.25, 0.3) is 34.4 Å². The van der Waals surface area contributed by atoms with E-state index in [1.54, 1.807) is 62.6 Å². The molecule has 0 fully saturated rings. The molecule has 0 aliphatic carbocycles. The second kappa shape index (κ2) is 34.3. The van der Waals surface area contributed by atoms with Crippen molar-refractivity contribution in [3.05, 3.63) is 276 Å². The molecule has 0 unspecified atom stereocenters. The molecule has 3 heterocycles. The molecule has 0 aliphatic rings. The van der Waals surface area contributed by atoms with E-state index in [2.05, 4.69) is 20.7 Å². The number of ether oxygens (including phenoxy) is 1. The number of pyridine rings is 3. The van der Waals surface area contributed by atoms with Gasteiger partial charge in [-0.05, 0) is 181 Å². The predicted molar refractivity (Wildman–Crippen MR) is 385 cm³/mol. The number of aromatic nitrogens is 3. The summed E-state index contributed by atoms with van der Waals surface area (Å²) >= 11 is 35.8. The zero-order valence-corrected chi connectivity index (χ0v) is 58.1. The molecule has 0 bridgehead atoms. The summed E-state index contributed by atoms with van der Waals surface area (Å²) in [6.45, 7) is 2.95. The molecule has 0 saturated heterocycles. The third-order valence-corrected chi connectivity index (χ3v) is 17.9. The Balaban J connectivity index is 0.000000190. The van der Waals surface area contributed by atoms with Crippen LogP contribution in [0.4, 0.5) is 13.2 Å². The van der Waals surface area contributed by atoms with Gasteiger partial charge in [-0.25, -0.2) is 0 Å². The van der Waals surface area contributed by atoms with E-state index < -0.39 is 63.8 Å². The van der Waals surface area contributed by atoms with Crippen LogP contribution in [-0.2, 0) is 40.4 Å². The maximum absolute atomic E-state index is 12.9. The third-order valence-electron chi connectivity index (χ3n) is 15.6. The lowest BCUT2D eigenvalue weighted by Gasteiger charge is -2.14. The van der Waals surface area contributed by atoms with Crippen LogP contribution in [0, 0.1) is 6.92 Å². The molecule has 3 amide bonds. The van der Waals surface area contributed by atoms with Gasteiger partial charge in [0, 0.05) is 40.8 Å². The molecule has 16 nitrogen and oxygen atoms in total. The van der Waals surface area contributed by atoms with Gasteiger partial charge in [-0.1, -0.05) is 160 Å². The number of halogens is 9. The Hall–Kier alpha value is -9.47. The number of hydrogen-bond donors (Lipinski definition) is 6. The number of rotatable bonds is 20. The van der Waals surface area contributed by atoms with E-state index in [1.165, 1.54) is 34.4 Å². The zero-order valence-electron chi connectivity index (χ0n) is 53.5. The Kier molecular flexibility index (Phi) is 26.1. The number of carbonyl (C=O) groups is 3. The average Bonchev–Trinajstić information content (AvgIpc) is 0.801. The number of carbonyl (C=O) groups excluding carboxylic acids is 3. The SMILES string of the molecule is Cc1cccc(-c2cc(C(=O)NCCCc3ccc(Cl)c(Cl)c3)c(O)c(=O)n2C)c1.Cn1c(-c2ccc(OC(F)(F)F)cc2)cc(C(=O)NCCCc2ccc(Cl)c(Cl)c2)c(O)c1=O.Cn1c(-c2cccc(-c3ccccc3)c2)cc(C(=O)NCCCc2ccc(Cl)c(Cl)c2)c(O)c1=O. The number of benzene rings is 7. The van der Waals surface area contributed by atoms with Crippen molar-refractivity contribution in [2.75, 3.05) is 19.6 Å². The second-order valence-corrected chi connectivity index (χ2v) is 25.1. The molecule has 0 aliphatic heterocycles. The number of nitrogens with zero attached hydrogens (tertiary/aromatic N) is 3. The molecule has 10 aromatic rings. The van der Waals surface area contributed by atoms with E-state index in [1.807, 2.05) is 104 Å². The van der Waals surface area contributed by atoms with Gasteiger partial charge < -0.3 is 49.7 Å². The normalized spacial score (nSPS) is 11.0. The van der Waals surface area contributed by atoms with Crippen molar-refractivity contribution >= 4 is 87.3 Å². The van der Waals surface area contributed by atoms with E-state index in [4.69, 9.17) is 69.6 Å². The maximum Gasteiger partial charge on any atom is 0.573 e. The first-order chi connectivity index (χ1) is 47.1. The van der Waals surface area contributed by atoms with E-state index in [0.29, 0.717) is 98.7 Å². The molecule has 3 aromatic heterocycles. The third kappa shape index (κ3) is 20.1. The molecule has 0 saturated carbocycles. The van der Waals surface area contributed by atoms with Crippen LogP contribution in [0.25, 0.3) is 44.9 Å². The summed E-state index contributed by atoms with van der Waals surface area (Å²) in [6.07, 6.45) is -0.953. The fourth-order valence-electron chi connectivity index (χ4n) is 10.4. The summed E-state index contributed by atoms with van der Waals surface area (Å²) in [5.74, 6) is -3.95. The highest BCUT2D eigenvalue weighted by atomic mass is 35.5. The quantitative estimate of drug-likeness (QED) is 0.0396. The molecule has 25 heteroatoms. The maximum atomic E-state index is 12.9. The monoisotopic (exact) mass is 1460 g/mol. The average molecular weight is 1470 g/mol. The minimum atomic E-state index is -4.84. The Bertz CT molecular complexity index is 4800. The summed E-state index contributed by atoms with van der Waals surface area (Å²) < 4.78 is 44.7. The van der Waals surface area contributed by atoms with Crippen LogP contribution in [0.5, 0.6) is 23.0 Å². The van der Waals surface area contributed by atoms with Crippen LogP contribution >= 0.6 is 69.6 Å². The van der Waals surface area contributed by atoms with Gasteiger partial charge in [-0.2, -0.15) is 0 Å². The van der Waals surface area contributed by atoms with Crippen LogP contribution < -0.4 is 37.4 Å². The van der Waals surface area contributed by atoms with Crippen molar-refractivity contribution in [1.82, 2.24) is 29.7 Å². The van der Waals surface area contributed by atoms with E-state index >= 15 is 0 Å². The fraction of sp³-hybridized carbons (Fsp3) is 0.189. The number of amides is 3. The lowest BCUT2D eigenvalue weighted by atomic mass is 10.0. The predicted octanol–water partition coefficient (Wildman–Crippen LogP) is 16.2. The van der Waals surface area contributed by atoms with Crippen LogP contribution in [0.3, 0.4) is 0 Å². The molecule has 7 aromatic carbocycles. The first-order valence-corrected chi connectivity index (χ1v) is 32.9. The summed E-state index contributed by atoms with van der Waals surface area (Å²) in [5.41, 5.74) is 6.81. The van der Waals surface area contributed by atoms with Crippen LogP contribution in [0.15, 0.2) is 190 Å². The smallest absolute Gasteiger partial charge is 0.502 e. The van der Waals surface area contributed by atoms with E-state index in [-0.39, 0.29) is 28.9 Å². The van der Waals surface area contributed by atoms with Gasteiger partial charge in [0.2, 0.25) is 0 Å². The molecule has 0 atom stereocenters. The first kappa shape index (κ1) is 75.3. The number of nitrogens with one attached hydrogen (secondary N) is 3. The minimum Gasteiger partial charge on any atom is -0.502 e. The Morgan fingerprint density at radius 1 is 0.404 bits per heavy atom. The molecule has 0 radical (unpaired) electrons. The second-order valence-electron chi connectivity index (χ2n) is 22.7. The van der Waals surface area contributed by atoms with Crippen molar-refractivity contribution in [2.24, 2.45) is 21.1 Å². The highest BCUT2D eigenvalue weighted by molar-refractivity contribution is 6.43. The summed E-state index contributed by atoms with van der Waals surface area (Å²) in [5, 5.41) is 41.9. The Morgan fingerprint density at radius 2 is 0.747 bits per heavy atom. The first-order valence-electron chi connectivity index (χ1n) is 30.6. The van der Waals surface area contributed by atoms with Gasteiger partial charge in [0.1, 0.15) is 5.75 Å². The highest BCUT2D eigenvalue weighted by Crippen LogP contribution is 2.32. The molecule has 99 heavy (non-hydrogen) atoms. The standard InChI is InChI=1S/C28H24Cl2N2O3.C23H19Cl2F3N2O4.C23H22Cl2N2O3/c1-32-25(21-11-5-10-20(16-21)19-8-3-2-4-9-19)17-22(26(33)28(32)35)27(34)31-14-6-7-18-12-13-23(29)24(30)15-18;1-30-19(14-5-7-15(8-6-14)34-23(26,27)28)12-16(20(31)22(30)33)21(32)29-10-2-3-13-4-9-17(24)18(25)11-13;1-14-5-3-7-16(11-14)20-13-17(21(28)23(30)27(20)2)22(29)26-10-4-6-15-8-9-18(24)19(25)12-15/h2-5,8-13,15-17,33H,6-7,14H2,1H3,(H,31,34);4-9,11-12,31H,2-3,10H2,1H3,(H,29,32);3,5,7-9,11-13,28H,4,6,10H2,1-2H3,(H,26,29). The lowest BCUT2D eigenvalue weighted by Crippen LogP contribution is -2.28. The summed E-state index contributed by atoms with van der Waals surface area (Å²) in [4.78, 5) is 75.8. The number of aromatic hydroxyl groups is 3. The van der Waals surface area contributed by atoms with Gasteiger partial charge >= 0.3 is 6.36 Å². The van der Waals surface area contributed by atoms with Crippen LogP contribution in [0.1, 0.15) is 72.6 Å². The molecule has 6 N–H and O–H groups in total. The largest absolute Gasteiger partial charge is 0.573 e. The van der Waals surface area contributed by atoms with Gasteiger partial charge in [0.05, 0.1) is 63.9 Å². The Labute approximate surface area is 597 Å². The van der Waals surface area contributed by atoms with Crippen molar-refractivity contribution in [3.63, 3.8) is 0 Å². The minimum absolute atomic E-state index is 0.0378. The van der Waals surface area contributed by atoms with Gasteiger partial charge in [-0.3, -0.25) is 28.8 Å². The number of hydrogen-bond acceptors (Lipinski definition) is 10. The summed E-state index contributed by atoms with van der Waals surface area (Å²) in [6, 6.07) is 50.5. The zero-order chi connectivity index (χ0) is 71.8. The number of aryl methyl sites for hydroxylation is 4. The summed E-state index contributed by atoms with van der Waals surface area (Å²) in [7, 11) is 4.51. The number of alkyl halides is 3. The molecule has 10 rings (SSSR count). The molecule has 514 valence electrons. The van der Waals surface area contributed by atoms with Gasteiger partial charge in [0.15, 0.2) is 17.2 Å². The molecule has 0 spiro atoms. The van der Waals surface area contributed by atoms with Crippen molar-refractivity contribution in [1.29, 1.82) is 0 Å². The van der Waals surface area contributed by atoms with Crippen molar-refractivity contribution in [3.8, 4) is 67.9 Å². The van der Waals surface area contributed by atoms with Crippen LogP contribution in [0.2, 0.25) is 30.1 Å². The Morgan fingerprint density at radius 3 is 1.11 bits per heavy atom. The van der Waals surface area contributed by atoms with Crippen molar-refractivity contribution < 1.29 is 47.6 Å².